The minimum absolute atomic E-state index is 0.234. The van der Waals surface area contributed by atoms with E-state index >= 15 is 0 Å². The molecule has 3 rings (SSSR count). The van der Waals surface area contributed by atoms with Crippen LogP contribution in [0.15, 0.2) is 17.5 Å². The van der Waals surface area contributed by atoms with Crippen molar-refractivity contribution in [2.75, 3.05) is 26.2 Å². The maximum atomic E-state index is 12.5. The first kappa shape index (κ1) is 16.0. The van der Waals surface area contributed by atoms with Gasteiger partial charge >= 0.3 is 0 Å². The first-order valence-electron chi connectivity index (χ1n) is 8.50. The Bertz CT molecular complexity index is 468. The second-order valence-electron chi connectivity index (χ2n) is 6.65. The van der Waals surface area contributed by atoms with E-state index in [1.54, 1.807) is 0 Å². The lowest BCUT2D eigenvalue weighted by Crippen LogP contribution is -2.49. The molecule has 5 heteroatoms. The lowest BCUT2D eigenvalue weighted by molar-refractivity contribution is -0.134. The van der Waals surface area contributed by atoms with Gasteiger partial charge in [-0.25, -0.2) is 0 Å². The minimum atomic E-state index is 0.234. The molecular formula is C17H27N3OS. The molecule has 22 heavy (non-hydrogen) atoms. The van der Waals surface area contributed by atoms with Crippen molar-refractivity contribution in [1.29, 1.82) is 0 Å². The number of amides is 1. The second kappa shape index (κ2) is 7.57. The molecule has 1 aliphatic heterocycles. The quantitative estimate of drug-likeness (QED) is 0.926. The van der Waals surface area contributed by atoms with Crippen LogP contribution in [0.5, 0.6) is 0 Å². The number of nitrogens with two attached hydrogens (primary N) is 1. The van der Waals surface area contributed by atoms with E-state index in [0.29, 0.717) is 18.2 Å². The van der Waals surface area contributed by atoms with Gasteiger partial charge in [0.25, 0.3) is 0 Å². The fourth-order valence-electron chi connectivity index (χ4n) is 3.62. The van der Waals surface area contributed by atoms with Crippen LogP contribution in [-0.4, -0.2) is 47.9 Å². The first-order valence-corrected chi connectivity index (χ1v) is 9.38. The van der Waals surface area contributed by atoms with Gasteiger partial charge in [0.2, 0.25) is 5.91 Å². The van der Waals surface area contributed by atoms with Gasteiger partial charge in [-0.05, 0) is 30.2 Å². The minimum Gasteiger partial charge on any atom is -0.340 e. The standard InChI is InChI=1S/C17H27N3OS/c18-16-6-2-1-4-14(16)12-17(21)20-9-7-19(8-10-20)13-15-5-3-11-22-15/h3,5,11,14,16H,1-2,4,6-10,12-13,18H2. The second-order valence-corrected chi connectivity index (χ2v) is 7.68. The average molecular weight is 321 g/mol. The van der Waals surface area contributed by atoms with Crippen LogP contribution in [0.2, 0.25) is 0 Å². The summed E-state index contributed by atoms with van der Waals surface area (Å²) in [6.07, 6.45) is 5.34. The monoisotopic (exact) mass is 321 g/mol. The highest BCUT2D eigenvalue weighted by molar-refractivity contribution is 7.09. The molecule has 0 bridgehead atoms. The van der Waals surface area contributed by atoms with E-state index in [4.69, 9.17) is 5.73 Å². The number of thiophene rings is 1. The van der Waals surface area contributed by atoms with E-state index in [9.17, 15) is 4.79 Å². The molecule has 1 amide bonds. The number of hydrogen-bond acceptors (Lipinski definition) is 4. The molecule has 1 saturated heterocycles. The van der Waals surface area contributed by atoms with Crippen molar-refractivity contribution < 1.29 is 4.79 Å². The van der Waals surface area contributed by atoms with Gasteiger partial charge in [0, 0.05) is 50.1 Å². The van der Waals surface area contributed by atoms with Crippen LogP contribution >= 0.6 is 11.3 Å². The predicted molar refractivity (Wildman–Crippen MR) is 90.7 cm³/mol. The highest BCUT2D eigenvalue weighted by Crippen LogP contribution is 2.26. The van der Waals surface area contributed by atoms with Crippen LogP contribution in [0, 0.1) is 5.92 Å². The Labute approximate surface area is 137 Å². The SMILES string of the molecule is NC1CCCCC1CC(=O)N1CCN(Cc2cccs2)CC1. The topological polar surface area (TPSA) is 49.6 Å². The summed E-state index contributed by atoms with van der Waals surface area (Å²) < 4.78 is 0. The third-order valence-electron chi connectivity index (χ3n) is 5.09. The normalized spacial score (nSPS) is 27.0. The highest BCUT2D eigenvalue weighted by atomic mass is 32.1. The maximum absolute atomic E-state index is 12.5. The van der Waals surface area contributed by atoms with Gasteiger partial charge in [0.15, 0.2) is 0 Å². The van der Waals surface area contributed by atoms with Crippen LogP contribution < -0.4 is 5.73 Å². The van der Waals surface area contributed by atoms with Crippen molar-refractivity contribution in [3.8, 4) is 0 Å². The lowest BCUT2D eigenvalue weighted by Gasteiger charge is -2.36. The van der Waals surface area contributed by atoms with Crippen LogP contribution in [-0.2, 0) is 11.3 Å². The summed E-state index contributed by atoms with van der Waals surface area (Å²) in [6, 6.07) is 4.53. The summed E-state index contributed by atoms with van der Waals surface area (Å²) in [7, 11) is 0. The van der Waals surface area contributed by atoms with Gasteiger partial charge in [-0.2, -0.15) is 0 Å². The van der Waals surface area contributed by atoms with Crippen molar-refractivity contribution in [3.05, 3.63) is 22.4 Å². The van der Waals surface area contributed by atoms with E-state index < -0.39 is 0 Å². The molecule has 1 saturated carbocycles. The van der Waals surface area contributed by atoms with E-state index in [2.05, 4.69) is 22.4 Å². The van der Waals surface area contributed by atoms with Crippen molar-refractivity contribution >= 4 is 17.2 Å². The highest BCUT2D eigenvalue weighted by Gasteiger charge is 2.28. The molecule has 0 radical (unpaired) electrons. The van der Waals surface area contributed by atoms with Gasteiger partial charge in [-0.1, -0.05) is 18.9 Å². The van der Waals surface area contributed by atoms with E-state index in [0.717, 1.165) is 45.6 Å². The molecule has 0 aromatic carbocycles. The third-order valence-corrected chi connectivity index (χ3v) is 5.95. The fourth-order valence-corrected chi connectivity index (χ4v) is 4.37. The molecule has 2 N–H and O–H groups in total. The number of hydrogen-bond donors (Lipinski definition) is 1. The molecule has 4 nitrogen and oxygen atoms in total. The Kier molecular flexibility index (Phi) is 5.50. The predicted octanol–water partition coefficient (Wildman–Crippen LogP) is 2.30. The van der Waals surface area contributed by atoms with Crippen LogP contribution in [0.3, 0.4) is 0 Å². The summed E-state index contributed by atoms with van der Waals surface area (Å²) in [5.74, 6) is 0.725. The Morgan fingerprint density at radius 1 is 1.23 bits per heavy atom. The zero-order chi connectivity index (χ0) is 15.4. The van der Waals surface area contributed by atoms with Crippen LogP contribution in [0.1, 0.15) is 37.0 Å². The van der Waals surface area contributed by atoms with Crippen LogP contribution in [0.25, 0.3) is 0 Å². The smallest absolute Gasteiger partial charge is 0.222 e. The molecule has 2 fully saturated rings. The van der Waals surface area contributed by atoms with Gasteiger partial charge in [0.05, 0.1) is 0 Å². The van der Waals surface area contributed by atoms with Crippen LogP contribution in [0.4, 0.5) is 0 Å². The molecule has 1 aliphatic carbocycles. The Morgan fingerprint density at radius 2 is 2.00 bits per heavy atom. The maximum Gasteiger partial charge on any atom is 0.222 e. The van der Waals surface area contributed by atoms with E-state index in [-0.39, 0.29) is 6.04 Å². The summed E-state index contributed by atoms with van der Waals surface area (Å²) in [5, 5.41) is 2.13. The number of piperazine rings is 1. The Hall–Kier alpha value is -0.910. The van der Waals surface area contributed by atoms with E-state index in [1.807, 2.05) is 16.2 Å². The molecular weight excluding hydrogens is 294 g/mol. The van der Waals surface area contributed by atoms with Gasteiger partial charge in [-0.3, -0.25) is 9.69 Å². The number of nitrogens with zero attached hydrogens (tertiary/aromatic N) is 2. The Morgan fingerprint density at radius 3 is 2.68 bits per heavy atom. The van der Waals surface area contributed by atoms with Crippen molar-refractivity contribution in [3.63, 3.8) is 0 Å². The molecule has 2 aliphatic rings. The summed E-state index contributed by atoms with van der Waals surface area (Å²) in [5.41, 5.74) is 6.18. The van der Waals surface area contributed by atoms with E-state index in [1.165, 1.54) is 17.7 Å². The van der Waals surface area contributed by atoms with Gasteiger partial charge < -0.3 is 10.6 Å². The molecule has 1 aromatic heterocycles. The molecule has 2 unspecified atom stereocenters. The summed E-state index contributed by atoms with van der Waals surface area (Å²) >= 11 is 1.81. The molecule has 2 atom stereocenters. The number of rotatable bonds is 4. The first-order chi connectivity index (χ1) is 10.7. The Balaban J connectivity index is 1.43. The third kappa shape index (κ3) is 4.09. The van der Waals surface area contributed by atoms with Gasteiger partial charge in [0.1, 0.15) is 0 Å². The zero-order valence-electron chi connectivity index (χ0n) is 13.2. The molecule has 0 spiro atoms. The van der Waals surface area contributed by atoms with Gasteiger partial charge in [-0.15, -0.1) is 11.3 Å². The zero-order valence-corrected chi connectivity index (χ0v) is 14.1. The van der Waals surface area contributed by atoms with Crippen molar-refractivity contribution in [2.24, 2.45) is 11.7 Å². The lowest BCUT2D eigenvalue weighted by atomic mass is 9.82. The molecule has 2 heterocycles. The van der Waals surface area contributed by atoms with Crippen molar-refractivity contribution in [2.45, 2.75) is 44.7 Å². The molecule has 122 valence electrons. The largest absolute Gasteiger partial charge is 0.340 e. The molecule has 1 aromatic rings. The summed E-state index contributed by atoms with van der Waals surface area (Å²) in [4.78, 5) is 18.4. The fraction of sp³-hybridized carbons (Fsp3) is 0.706. The summed E-state index contributed by atoms with van der Waals surface area (Å²) in [6.45, 7) is 4.73. The number of carbonyl (C=O) groups is 1. The average Bonchev–Trinajstić information content (AvgIpc) is 3.03. The van der Waals surface area contributed by atoms with Crippen molar-refractivity contribution in [1.82, 2.24) is 9.80 Å². The number of carbonyl (C=O) groups excluding carboxylic acids is 1.